The molecular weight excluding hydrogens is 604 g/mol. The third-order valence-corrected chi connectivity index (χ3v) is 8.64. The van der Waals surface area contributed by atoms with Crippen molar-refractivity contribution in [1.82, 2.24) is 9.88 Å². The summed E-state index contributed by atoms with van der Waals surface area (Å²) in [5.74, 6) is 1.61. The Bertz CT molecular complexity index is 2180. The van der Waals surface area contributed by atoms with Crippen LogP contribution in [-0.2, 0) is 0 Å². The SMILES string of the molecule is Brc1ccc(-c2ccc3c(c2)c2ccc(C4=NC(c5ccccc5)N=C(c5ccccc5)N4)cc2n3-c2ccccc2)cc1. The molecule has 6 aromatic carbocycles. The van der Waals surface area contributed by atoms with Crippen molar-refractivity contribution in [3.63, 3.8) is 0 Å². The maximum absolute atomic E-state index is 5.13. The number of fused-ring (bicyclic) bond motifs is 3. The fourth-order valence-electron chi connectivity index (χ4n) is 5.96. The van der Waals surface area contributed by atoms with Gasteiger partial charge < -0.3 is 9.88 Å². The van der Waals surface area contributed by atoms with E-state index in [1.165, 1.54) is 21.9 Å². The molecule has 8 rings (SSSR count). The van der Waals surface area contributed by atoms with Crippen LogP contribution in [0.3, 0.4) is 0 Å². The van der Waals surface area contributed by atoms with Crippen LogP contribution in [0.5, 0.6) is 0 Å². The molecule has 1 atom stereocenters. The van der Waals surface area contributed by atoms with Gasteiger partial charge in [-0.1, -0.05) is 125 Å². The van der Waals surface area contributed by atoms with Gasteiger partial charge in [0.05, 0.1) is 11.0 Å². The van der Waals surface area contributed by atoms with Crippen LogP contribution in [0.4, 0.5) is 0 Å². The lowest BCUT2D eigenvalue weighted by molar-refractivity contribution is 0.756. The summed E-state index contributed by atoms with van der Waals surface area (Å²) in [7, 11) is 0. The lowest BCUT2D eigenvalue weighted by Crippen LogP contribution is -2.36. The molecule has 0 spiro atoms. The highest BCUT2D eigenvalue weighted by Gasteiger charge is 2.22. The first-order valence-corrected chi connectivity index (χ1v) is 15.4. The fraction of sp³-hybridized carbons (Fsp3) is 0.0256. The van der Waals surface area contributed by atoms with Gasteiger partial charge in [-0.05, 0) is 59.2 Å². The van der Waals surface area contributed by atoms with Crippen LogP contribution in [0.25, 0.3) is 38.6 Å². The summed E-state index contributed by atoms with van der Waals surface area (Å²) in [4.78, 5) is 10.1. The summed E-state index contributed by atoms with van der Waals surface area (Å²) < 4.78 is 3.42. The van der Waals surface area contributed by atoms with Crippen molar-refractivity contribution in [3.05, 3.63) is 173 Å². The van der Waals surface area contributed by atoms with E-state index < -0.39 is 0 Å². The third-order valence-electron chi connectivity index (χ3n) is 8.12. The number of hydrogen-bond donors (Lipinski definition) is 1. The second-order valence-electron chi connectivity index (χ2n) is 10.9. The monoisotopic (exact) mass is 630 g/mol. The Hall–Kier alpha value is -5.26. The number of benzene rings is 6. The van der Waals surface area contributed by atoms with E-state index in [1.807, 2.05) is 36.4 Å². The van der Waals surface area contributed by atoms with Gasteiger partial charge in [-0.2, -0.15) is 0 Å². The molecule has 2 heterocycles. The largest absolute Gasteiger partial charge is 0.324 e. The Morgan fingerprint density at radius 1 is 0.500 bits per heavy atom. The molecule has 1 N–H and O–H groups in total. The number of halogens is 1. The molecule has 0 fully saturated rings. The summed E-state index contributed by atoms with van der Waals surface area (Å²) in [6.45, 7) is 0. The summed E-state index contributed by atoms with van der Waals surface area (Å²) >= 11 is 3.57. The van der Waals surface area contributed by atoms with Gasteiger partial charge in [-0.15, -0.1) is 0 Å². The first-order valence-electron chi connectivity index (χ1n) is 14.6. The minimum atomic E-state index is -0.341. The van der Waals surface area contributed by atoms with Gasteiger partial charge in [-0.25, -0.2) is 9.98 Å². The topological polar surface area (TPSA) is 41.7 Å². The minimum absolute atomic E-state index is 0.341. The Labute approximate surface area is 264 Å². The molecular formula is C39H27BrN4. The molecule has 5 heteroatoms. The van der Waals surface area contributed by atoms with Gasteiger partial charge >= 0.3 is 0 Å². The number of nitrogens with one attached hydrogen (secondary N) is 1. The third kappa shape index (κ3) is 4.81. The van der Waals surface area contributed by atoms with Crippen LogP contribution in [0.2, 0.25) is 0 Å². The zero-order valence-electron chi connectivity index (χ0n) is 23.7. The maximum atomic E-state index is 5.13. The highest BCUT2D eigenvalue weighted by molar-refractivity contribution is 9.10. The highest BCUT2D eigenvalue weighted by Crippen LogP contribution is 2.36. The van der Waals surface area contributed by atoms with Gasteiger partial charge in [0.25, 0.3) is 0 Å². The zero-order valence-corrected chi connectivity index (χ0v) is 25.3. The van der Waals surface area contributed by atoms with Gasteiger partial charge in [-0.3, -0.25) is 0 Å². The smallest absolute Gasteiger partial charge is 0.169 e. The van der Waals surface area contributed by atoms with E-state index >= 15 is 0 Å². The molecule has 210 valence electrons. The van der Waals surface area contributed by atoms with Gasteiger partial charge in [0.2, 0.25) is 0 Å². The standard InChI is InChI=1S/C39H27BrN4/c40-31-20-16-26(17-21-31)29-19-23-35-34(24-29)33-22-18-30(25-36(33)44(35)32-14-8-3-9-15-32)39-42-37(27-10-4-1-5-11-27)41-38(43-39)28-12-6-2-7-13-28/h1-25,37H,(H,41,42,43). The molecule has 7 aromatic rings. The van der Waals surface area contributed by atoms with E-state index in [-0.39, 0.29) is 6.17 Å². The summed E-state index contributed by atoms with van der Waals surface area (Å²) in [6.07, 6.45) is -0.341. The van der Waals surface area contributed by atoms with Crippen molar-refractivity contribution in [2.45, 2.75) is 6.17 Å². The second-order valence-corrected chi connectivity index (χ2v) is 11.8. The Balaban J connectivity index is 1.31. The number of aromatic nitrogens is 1. The Morgan fingerprint density at radius 3 is 1.84 bits per heavy atom. The minimum Gasteiger partial charge on any atom is -0.324 e. The van der Waals surface area contributed by atoms with E-state index in [4.69, 9.17) is 9.98 Å². The van der Waals surface area contributed by atoms with Crippen molar-refractivity contribution >= 4 is 49.4 Å². The van der Waals surface area contributed by atoms with Crippen molar-refractivity contribution in [2.75, 3.05) is 0 Å². The summed E-state index contributed by atoms with van der Waals surface area (Å²) in [5.41, 5.74) is 8.88. The molecule has 4 nitrogen and oxygen atoms in total. The first kappa shape index (κ1) is 26.4. The lowest BCUT2D eigenvalue weighted by Gasteiger charge is -2.22. The molecule has 0 bridgehead atoms. The normalized spacial score (nSPS) is 14.7. The Kier molecular flexibility index (Phi) is 6.65. The molecule has 0 amide bonds. The first-order chi connectivity index (χ1) is 21.7. The number of para-hydroxylation sites is 1. The van der Waals surface area contributed by atoms with E-state index in [9.17, 15) is 0 Å². The lowest BCUT2D eigenvalue weighted by atomic mass is 10.0. The molecule has 1 unspecified atom stereocenters. The van der Waals surface area contributed by atoms with E-state index in [2.05, 4.69) is 141 Å². The predicted octanol–water partition coefficient (Wildman–Crippen LogP) is 9.71. The molecule has 1 aromatic heterocycles. The summed E-state index contributed by atoms with van der Waals surface area (Å²) in [6, 6.07) is 53.0. The molecule has 44 heavy (non-hydrogen) atoms. The molecule has 0 saturated carbocycles. The van der Waals surface area contributed by atoms with Gasteiger partial charge in [0, 0.05) is 32.1 Å². The van der Waals surface area contributed by atoms with Crippen molar-refractivity contribution in [1.29, 1.82) is 0 Å². The molecule has 0 saturated heterocycles. The van der Waals surface area contributed by atoms with Crippen LogP contribution >= 0.6 is 15.9 Å². The summed E-state index contributed by atoms with van der Waals surface area (Å²) in [5, 5.41) is 5.97. The van der Waals surface area contributed by atoms with Crippen molar-refractivity contribution < 1.29 is 0 Å². The zero-order chi connectivity index (χ0) is 29.5. The number of hydrogen-bond acceptors (Lipinski definition) is 3. The maximum Gasteiger partial charge on any atom is 0.169 e. The second kappa shape index (κ2) is 11.1. The fourth-order valence-corrected chi connectivity index (χ4v) is 6.22. The van der Waals surface area contributed by atoms with E-state index in [0.29, 0.717) is 0 Å². The van der Waals surface area contributed by atoms with Gasteiger partial charge in [0.1, 0.15) is 11.7 Å². The predicted molar refractivity (Wildman–Crippen MR) is 186 cm³/mol. The molecule has 0 radical (unpaired) electrons. The van der Waals surface area contributed by atoms with Crippen LogP contribution < -0.4 is 5.32 Å². The number of aliphatic imine (C=N–C) groups is 2. The molecule has 1 aliphatic rings. The highest BCUT2D eigenvalue weighted by atomic mass is 79.9. The quantitative estimate of drug-likeness (QED) is 0.202. The molecule has 1 aliphatic heterocycles. The number of rotatable bonds is 5. The average molecular weight is 632 g/mol. The van der Waals surface area contributed by atoms with Crippen LogP contribution in [0.1, 0.15) is 22.9 Å². The Morgan fingerprint density at radius 2 is 1.11 bits per heavy atom. The number of amidine groups is 2. The van der Waals surface area contributed by atoms with Crippen molar-refractivity contribution in [2.24, 2.45) is 9.98 Å². The average Bonchev–Trinajstić information content (AvgIpc) is 3.42. The van der Waals surface area contributed by atoms with E-state index in [1.54, 1.807) is 0 Å². The van der Waals surface area contributed by atoms with Crippen molar-refractivity contribution in [3.8, 4) is 16.8 Å². The van der Waals surface area contributed by atoms with Gasteiger partial charge in [0.15, 0.2) is 6.17 Å². The molecule has 0 aliphatic carbocycles. The van der Waals surface area contributed by atoms with E-state index in [0.717, 1.165) is 49.6 Å². The number of nitrogens with zero attached hydrogens (tertiary/aromatic N) is 3. The van der Waals surface area contributed by atoms with Crippen LogP contribution in [-0.4, -0.2) is 16.2 Å². The van der Waals surface area contributed by atoms with Crippen LogP contribution in [0, 0.1) is 0 Å². The van der Waals surface area contributed by atoms with Crippen LogP contribution in [0.15, 0.2) is 166 Å².